The van der Waals surface area contributed by atoms with Crippen molar-refractivity contribution in [3.8, 4) is 5.75 Å². The van der Waals surface area contributed by atoms with Gasteiger partial charge in [-0.2, -0.15) is 0 Å². The third kappa shape index (κ3) is 4.20. The number of hydrogen-bond donors (Lipinski definition) is 2. The Bertz CT molecular complexity index is 1320. The van der Waals surface area contributed by atoms with Crippen LogP contribution in [0.2, 0.25) is 15.2 Å². The fourth-order valence-electron chi connectivity index (χ4n) is 3.14. The van der Waals surface area contributed by atoms with Crippen molar-refractivity contribution >= 4 is 63.3 Å². The highest BCUT2D eigenvalue weighted by Gasteiger charge is 2.27. The maximum Gasteiger partial charge on any atom is 0.299 e. The minimum atomic E-state index is -0.958. The summed E-state index contributed by atoms with van der Waals surface area (Å²) in [5.74, 6) is -1.95. The van der Waals surface area contributed by atoms with Crippen LogP contribution in [0.1, 0.15) is 15.9 Å². The van der Waals surface area contributed by atoms with Crippen molar-refractivity contribution in [1.82, 2.24) is 14.5 Å². The summed E-state index contributed by atoms with van der Waals surface area (Å²) >= 11 is 18.8. The summed E-state index contributed by atoms with van der Waals surface area (Å²) in [5.41, 5.74) is 1.20. The number of hydrogen-bond acceptors (Lipinski definition) is 5. The first-order chi connectivity index (χ1) is 14.8. The number of nitrogens with one attached hydrogen (secondary N) is 1. The van der Waals surface area contributed by atoms with Gasteiger partial charge in [-0.1, -0.05) is 40.9 Å². The zero-order valence-electron chi connectivity index (χ0n) is 15.6. The molecule has 4 aromatic rings. The van der Waals surface area contributed by atoms with Gasteiger partial charge < -0.3 is 9.67 Å². The molecule has 0 saturated heterocycles. The molecule has 2 heterocycles. The van der Waals surface area contributed by atoms with Gasteiger partial charge in [0.1, 0.15) is 10.9 Å². The number of aromatic hydroxyl groups is 1. The summed E-state index contributed by atoms with van der Waals surface area (Å²) in [7, 11) is 0. The molecule has 0 bridgehead atoms. The standard InChI is InChI=1S/C21H13Cl3N4O3/c22-12-3-2-11(15(23)8-12)10-28-16-5-4-13(29)9-14(16)17(19(28)24)18(30)20(31)27-21-25-6-1-7-26-21/h1-9,29H,10H2,(H,25,26,27,31). The smallest absolute Gasteiger partial charge is 0.299 e. The van der Waals surface area contributed by atoms with E-state index in [9.17, 15) is 14.7 Å². The summed E-state index contributed by atoms with van der Waals surface area (Å²) in [6.45, 7) is 0.215. The molecule has 2 N–H and O–H groups in total. The first-order valence-corrected chi connectivity index (χ1v) is 10.1. The molecular weight excluding hydrogens is 463 g/mol. The zero-order valence-corrected chi connectivity index (χ0v) is 17.9. The number of halogens is 3. The number of amides is 1. The van der Waals surface area contributed by atoms with Gasteiger partial charge in [0.2, 0.25) is 5.95 Å². The normalized spacial score (nSPS) is 10.9. The van der Waals surface area contributed by atoms with Crippen molar-refractivity contribution in [3.63, 3.8) is 0 Å². The average molecular weight is 476 g/mol. The van der Waals surface area contributed by atoms with E-state index in [1.54, 1.807) is 34.9 Å². The van der Waals surface area contributed by atoms with E-state index in [1.165, 1.54) is 24.5 Å². The Hall–Kier alpha value is -3.13. The van der Waals surface area contributed by atoms with Crippen LogP contribution in [0.4, 0.5) is 5.95 Å². The van der Waals surface area contributed by atoms with E-state index in [2.05, 4.69) is 15.3 Å². The quantitative estimate of drug-likeness (QED) is 0.314. The zero-order chi connectivity index (χ0) is 22.1. The Morgan fingerprint density at radius 1 is 1.03 bits per heavy atom. The van der Waals surface area contributed by atoms with Crippen molar-refractivity contribution in [1.29, 1.82) is 0 Å². The van der Waals surface area contributed by atoms with E-state index in [0.717, 1.165) is 0 Å². The van der Waals surface area contributed by atoms with E-state index >= 15 is 0 Å². The van der Waals surface area contributed by atoms with Gasteiger partial charge in [-0.3, -0.25) is 14.9 Å². The fourth-order valence-corrected chi connectivity index (χ4v) is 3.94. The number of anilines is 1. The van der Waals surface area contributed by atoms with Crippen molar-refractivity contribution in [3.05, 3.63) is 81.2 Å². The molecule has 2 aromatic heterocycles. The molecule has 0 aliphatic carbocycles. The Balaban J connectivity index is 1.78. The SMILES string of the molecule is O=C(Nc1ncccn1)C(=O)c1c(Cl)n(Cc2ccc(Cl)cc2Cl)c2ccc(O)cc12. The van der Waals surface area contributed by atoms with Gasteiger partial charge in [0.05, 0.1) is 17.6 Å². The molecule has 0 radical (unpaired) electrons. The first-order valence-electron chi connectivity index (χ1n) is 8.92. The van der Waals surface area contributed by atoms with Crippen LogP contribution in [-0.4, -0.2) is 31.3 Å². The lowest BCUT2D eigenvalue weighted by molar-refractivity contribution is -0.112. The Morgan fingerprint density at radius 2 is 1.77 bits per heavy atom. The largest absolute Gasteiger partial charge is 0.508 e. The Labute approximate surface area is 191 Å². The molecule has 0 fully saturated rings. The van der Waals surface area contributed by atoms with Crippen LogP contribution in [0.5, 0.6) is 5.75 Å². The van der Waals surface area contributed by atoms with Gasteiger partial charge in [-0.25, -0.2) is 9.97 Å². The number of fused-ring (bicyclic) bond motifs is 1. The summed E-state index contributed by atoms with van der Waals surface area (Å²) in [4.78, 5) is 33.3. The maximum atomic E-state index is 13.0. The molecule has 2 aromatic carbocycles. The van der Waals surface area contributed by atoms with Crippen LogP contribution in [0, 0.1) is 0 Å². The Morgan fingerprint density at radius 3 is 2.48 bits per heavy atom. The third-order valence-electron chi connectivity index (χ3n) is 4.55. The molecule has 31 heavy (non-hydrogen) atoms. The number of carbonyl (C=O) groups excluding carboxylic acids is 2. The van der Waals surface area contributed by atoms with E-state index in [4.69, 9.17) is 34.8 Å². The van der Waals surface area contributed by atoms with Crippen molar-refractivity contribution in [2.75, 3.05) is 5.32 Å². The van der Waals surface area contributed by atoms with Crippen molar-refractivity contribution < 1.29 is 14.7 Å². The lowest BCUT2D eigenvalue weighted by atomic mass is 10.1. The van der Waals surface area contributed by atoms with Crippen LogP contribution < -0.4 is 5.32 Å². The number of Topliss-reactive ketones (excluding diaryl/α,β-unsaturated/α-hetero) is 1. The number of rotatable bonds is 5. The molecule has 156 valence electrons. The van der Waals surface area contributed by atoms with E-state index in [0.29, 0.717) is 26.5 Å². The van der Waals surface area contributed by atoms with Gasteiger partial charge in [0.15, 0.2) is 0 Å². The van der Waals surface area contributed by atoms with Crippen LogP contribution >= 0.6 is 34.8 Å². The number of aromatic nitrogens is 3. The Kier molecular flexibility index (Phi) is 5.82. The number of nitrogens with zero attached hydrogens (tertiary/aromatic N) is 3. The van der Waals surface area contributed by atoms with Crippen LogP contribution in [-0.2, 0) is 11.3 Å². The summed E-state index contributed by atoms with van der Waals surface area (Å²) in [5, 5.41) is 13.6. The predicted octanol–water partition coefficient (Wildman–Crippen LogP) is 4.97. The summed E-state index contributed by atoms with van der Waals surface area (Å²) < 4.78 is 1.63. The summed E-state index contributed by atoms with van der Waals surface area (Å²) in [6.07, 6.45) is 2.86. The molecule has 0 saturated carbocycles. The topological polar surface area (TPSA) is 97.1 Å². The van der Waals surface area contributed by atoms with E-state index in [-0.39, 0.29) is 29.0 Å². The summed E-state index contributed by atoms with van der Waals surface area (Å²) in [6, 6.07) is 11.1. The van der Waals surface area contributed by atoms with Gasteiger partial charge in [0, 0.05) is 27.8 Å². The lowest BCUT2D eigenvalue weighted by Crippen LogP contribution is -2.24. The predicted molar refractivity (Wildman–Crippen MR) is 119 cm³/mol. The van der Waals surface area contributed by atoms with Gasteiger partial charge in [0.25, 0.3) is 11.7 Å². The van der Waals surface area contributed by atoms with E-state index < -0.39 is 11.7 Å². The van der Waals surface area contributed by atoms with Crippen molar-refractivity contribution in [2.24, 2.45) is 0 Å². The maximum absolute atomic E-state index is 13.0. The van der Waals surface area contributed by atoms with Gasteiger partial charge >= 0.3 is 0 Å². The number of carbonyl (C=O) groups is 2. The molecule has 7 nitrogen and oxygen atoms in total. The number of ketones is 1. The number of phenols is 1. The fraction of sp³-hybridized carbons (Fsp3) is 0.0476. The molecule has 1 amide bonds. The van der Waals surface area contributed by atoms with Crippen molar-refractivity contribution in [2.45, 2.75) is 6.54 Å². The average Bonchev–Trinajstić information content (AvgIpc) is 3.00. The minimum absolute atomic E-state index is 0.0171. The second-order valence-corrected chi connectivity index (χ2v) is 7.75. The highest BCUT2D eigenvalue weighted by atomic mass is 35.5. The molecule has 0 aliphatic heterocycles. The second-order valence-electron chi connectivity index (χ2n) is 6.54. The molecular formula is C21H13Cl3N4O3. The monoisotopic (exact) mass is 474 g/mol. The highest BCUT2D eigenvalue weighted by Crippen LogP contribution is 2.34. The molecule has 10 heteroatoms. The second kappa shape index (κ2) is 8.55. The van der Waals surface area contributed by atoms with Gasteiger partial charge in [-0.05, 0) is 42.0 Å². The highest BCUT2D eigenvalue weighted by molar-refractivity contribution is 6.51. The number of phenolic OH excluding ortho intramolecular Hbond substituents is 1. The van der Waals surface area contributed by atoms with Crippen LogP contribution in [0.25, 0.3) is 10.9 Å². The first kappa shape index (κ1) is 21.1. The van der Waals surface area contributed by atoms with Crippen LogP contribution in [0.15, 0.2) is 54.9 Å². The lowest BCUT2D eigenvalue weighted by Gasteiger charge is -2.10. The molecule has 0 aliphatic rings. The number of benzene rings is 2. The van der Waals surface area contributed by atoms with E-state index in [1.807, 2.05) is 0 Å². The molecule has 0 spiro atoms. The molecule has 4 rings (SSSR count). The molecule has 0 unspecified atom stereocenters. The third-order valence-corrected chi connectivity index (χ3v) is 5.53. The van der Waals surface area contributed by atoms with Crippen LogP contribution in [0.3, 0.4) is 0 Å². The van der Waals surface area contributed by atoms with Gasteiger partial charge in [-0.15, -0.1) is 0 Å². The molecule has 0 atom stereocenters. The minimum Gasteiger partial charge on any atom is -0.508 e.